The second-order valence-corrected chi connectivity index (χ2v) is 6.65. The summed E-state index contributed by atoms with van der Waals surface area (Å²) < 4.78 is 6.66. The van der Waals surface area contributed by atoms with E-state index in [9.17, 15) is 4.79 Å². The van der Waals surface area contributed by atoms with Gasteiger partial charge >= 0.3 is 0 Å². The quantitative estimate of drug-likeness (QED) is 0.660. The lowest BCUT2D eigenvalue weighted by atomic mass is 10.0. The van der Waals surface area contributed by atoms with Crippen LogP contribution in [0.5, 0.6) is 5.75 Å². The SMILES string of the molecule is CC(C)c1ccc(OCCCC(=O)Nc2ccc(Br)cc2)cc1. The van der Waals surface area contributed by atoms with Gasteiger partial charge in [0.25, 0.3) is 0 Å². The van der Waals surface area contributed by atoms with Crippen LogP contribution in [0.25, 0.3) is 0 Å². The van der Waals surface area contributed by atoms with Gasteiger partial charge in [-0.1, -0.05) is 41.9 Å². The molecule has 0 aromatic heterocycles. The van der Waals surface area contributed by atoms with Gasteiger partial charge in [0.05, 0.1) is 6.61 Å². The van der Waals surface area contributed by atoms with E-state index in [0.717, 1.165) is 15.9 Å². The van der Waals surface area contributed by atoms with Crippen LogP contribution in [0, 0.1) is 0 Å². The number of hydrogen-bond acceptors (Lipinski definition) is 2. The third kappa shape index (κ3) is 6.06. The average Bonchev–Trinajstić information content (AvgIpc) is 2.54. The maximum absolute atomic E-state index is 11.8. The molecule has 4 heteroatoms. The van der Waals surface area contributed by atoms with Gasteiger partial charge in [-0.2, -0.15) is 0 Å². The van der Waals surface area contributed by atoms with Crippen molar-refractivity contribution in [2.45, 2.75) is 32.6 Å². The lowest BCUT2D eigenvalue weighted by molar-refractivity contribution is -0.116. The Kier molecular flexibility index (Phi) is 6.66. The summed E-state index contributed by atoms with van der Waals surface area (Å²) in [5.41, 5.74) is 2.11. The minimum Gasteiger partial charge on any atom is -0.494 e. The first-order chi connectivity index (χ1) is 11.0. The molecule has 0 spiro atoms. The number of carbonyl (C=O) groups is 1. The highest BCUT2D eigenvalue weighted by atomic mass is 79.9. The molecular weight excluding hydrogens is 354 g/mol. The standard InChI is InChI=1S/C19H22BrNO2/c1-14(2)15-5-11-18(12-6-15)23-13-3-4-19(22)21-17-9-7-16(20)8-10-17/h5-12,14H,3-4,13H2,1-2H3,(H,21,22). The third-order valence-corrected chi connectivity index (χ3v) is 4.02. The van der Waals surface area contributed by atoms with Crippen LogP contribution < -0.4 is 10.1 Å². The average molecular weight is 376 g/mol. The first-order valence-electron chi connectivity index (χ1n) is 7.83. The van der Waals surface area contributed by atoms with E-state index in [1.54, 1.807) is 0 Å². The normalized spacial score (nSPS) is 10.6. The van der Waals surface area contributed by atoms with Gasteiger partial charge in [0, 0.05) is 16.6 Å². The number of amides is 1. The molecule has 122 valence electrons. The summed E-state index contributed by atoms with van der Waals surface area (Å²) in [7, 11) is 0. The van der Waals surface area contributed by atoms with Gasteiger partial charge in [-0.05, 0) is 54.3 Å². The first kappa shape index (κ1) is 17.5. The minimum atomic E-state index is 0.00563. The topological polar surface area (TPSA) is 38.3 Å². The number of nitrogens with one attached hydrogen (secondary N) is 1. The molecule has 2 rings (SSSR count). The van der Waals surface area contributed by atoms with Crippen LogP contribution in [0.1, 0.15) is 38.2 Å². The monoisotopic (exact) mass is 375 g/mol. The van der Waals surface area contributed by atoms with Crippen molar-refractivity contribution < 1.29 is 9.53 Å². The van der Waals surface area contributed by atoms with Crippen molar-refractivity contribution in [3.05, 3.63) is 58.6 Å². The fourth-order valence-corrected chi connectivity index (χ4v) is 2.39. The maximum atomic E-state index is 11.8. The fraction of sp³-hybridized carbons (Fsp3) is 0.316. The number of ether oxygens (including phenoxy) is 1. The molecule has 0 atom stereocenters. The molecule has 1 N–H and O–H groups in total. The van der Waals surface area contributed by atoms with Crippen LogP contribution in [-0.4, -0.2) is 12.5 Å². The Balaban J connectivity index is 1.68. The molecule has 0 aliphatic rings. The van der Waals surface area contributed by atoms with Crippen LogP contribution in [-0.2, 0) is 4.79 Å². The van der Waals surface area contributed by atoms with Crippen LogP contribution in [0.3, 0.4) is 0 Å². The molecule has 0 aliphatic heterocycles. The molecule has 1 amide bonds. The van der Waals surface area contributed by atoms with Gasteiger partial charge in [-0.25, -0.2) is 0 Å². The lowest BCUT2D eigenvalue weighted by Crippen LogP contribution is -2.12. The number of halogens is 1. The number of benzene rings is 2. The molecule has 0 bridgehead atoms. The lowest BCUT2D eigenvalue weighted by Gasteiger charge is -2.09. The molecule has 3 nitrogen and oxygen atoms in total. The zero-order chi connectivity index (χ0) is 16.7. The maximum Gasteiger partial charge on any atom is 0.224 e. The Labute approximate surface area is 146 Å². The van der Waals surface area contributed by atoms with E-state index in [1.807, 2.05) is 36.4 Å². The summed E-state index contributed by atoms with van der Waals surface area (Å²) in [6.45, 7) is 4.87. The molecule has 0 saturated carbocycles. The Bertz CT molecular complexity index is 621. The van der Waals surface area contributed by atoms with Crippen molar-refractivity contribution in [1.29, 1.82) is 0 Å². The summed E-state index contributed by atoms with van der Waals surface area (Å²) in [4.78, 5) is 11.8. The van der Waals surface area contributed by atoms with E-state index in [1.165, 1.54) is 5.56 Å². The van der Waals surface area contributed by atoms with Crippen molar-refractivity contribution in [2.75, 3.05) is 11.9 Å². The van der Waals surface area contributed by atoms with Crippen molar-refractivity contribution >= 4 is 27.5 Å². The largest absolute Gasteiger partial charge is 0.494 e. The van der Waals surface area contributed by atoms with Crippen molar-refractivity contribution in [2.24, 2.45) is 0 Å². The molecule has 2 aromatic carbocycles. The molecule has 0 saturated heterocycles. The third-order valence-electron chi connectivity index (χ3n) is 3.49. The fourth-order valence-electron chi connectivity index (χ4n) is 2.13. The summed E-state index contributed by atoms with van der Waals surface area (Å²) in [6.07, 6.45) is 1.13. The number of anilines is 1. The van der Waals surface area contributed by atoms with E-state index in [-0.39, 0.29) is 5.91 Å². The van der Waals surface area contributed by atoms with Gasteiger partial charge < -0.3 is 10.1 Å². The van der Waals surface area contributed by atoms with E-state index < -0.39 is 0 Å². The Morgan fingerprint density at radius 3 is 2.35 bits per heavy atom. The summed E-state index contributed by atoms with van der Waals surface area (Å²) >= 11 is 3.37. The van der Waals surface area contributed by atoms with E-state index >= 15 is 0 Å². The van der Waals surface area contributed by atoms with Crippen molar-refractivity contribution in [3.63, 3.8) is 0 Å². The second-order valence-electron chi connectivity index (χ2n) is 5.73. The van der Waals surface area contributed by atoms with Crippen LogP contribution in [0.2, 0.25) is 0 Å². The Morgan fingerprint density at radius 1 is 1.09 bits per heavy atom. The Hall–Kier alpha value is -1.81. The van der Waals surface area contributed by atoms with Crippen LogP contribution in [0.4, 0.5) is 5.69 Å². The summed E-state index contributed by atoms with van der Waals surface area (Å²) in [5, 5.41) is 2.87. The molecule has 0 fully saturated rings. The molecule has 0 aliphatic carbocycles. The highest BCUT2D eigenvalue weighted by molar-refractivity contribution is 9.10. The Morgan fingerprint density at radius 2 is 1.74 bits per heavy atom. The molecule has 23 heavy (non-hydrogen) atoms. The van der Waals surface area contributed by atoms with Gasteiger partial charge in [-0.3, -0.25) is 4.79 Å². The van der Waals surface area contributed by atoms with Crippen molar-refractivity contribution in [1.82, 2.24) is 0 Å². The predicted octanol–water partition coefficient (Wildman–Crippen LogP) is 5.37. The molecule has 2 aromatic rings. The van der Waals surface area contributed by atoms with Gasteiger partial charge in [-0.15, -0.1) is 0 Å². The van der Waals surface area contributed by atoms with E-state index in [2.05, 4.69) is 47.2 Å². The van der Waals surface area contributed by atoms with Crippen molar-refractivity contribution in [3.8, 4) is 5.75 Å². The minimum absolute atomic E-state index is 0.00563. The molecule has 0 radical (unpaired) electrons. The number of carbonyl (C=O) groups excluding carboxylic acids is 1. The number of rotatable bonds is 7. The van der Waals surface area contributed by atoms with Gasteiger partial charge in [0.15, 0.2) is 0 Å². The summed E-state index contributed by atoms with van der Waals surface area (Å²) in [6, 6.07) is 15.7. The van der Waals surface area contributed by atoms with E-state index in [4.69, 9.17) is 4.74 Å². The highest BCUT2D eigenvalue weighted by Gasteiger charge is 2.03. The van der Waals surface area contributed by atoms with E-state index in [0.29, 0.717) is 25.4 Å². The second kappa shape index (κ2) is 8.73. The zero-order valence-electron chi connectivity index (χ0n) is 13.5. The first-order valence-corrected chi connectivity index (χ1v) is 8.62. The van der Waals surface area contributed by atoms with Gasteiger partial charge in [0.1, 0.15) is 5.75 Å². The van der Waals surface area contributed by atoms with Gasteiger partial charge in [0.2, 0.25) is 5.91 Å². The predicted molar refractivity (Wildman–Crippen MR) is 98.0 cm³/mol. The molecule has 0 heterocycles. The summed E-state index contributed by atoms with van der Waals surface area (Å²) in [5.74, 6) is 1.38. The smallest absolute Gasteiger partial charge is 0.224 e. The van der Waals surface area contributed by atoms with Crippen LogP contribution >= 0.6 is 15.9 Å². The zero-order valence-corrected chi connectivity index (χ0v) is 15.1. The molecular formula is C19H22BrNO2. The highest BCUT2D eigenvalue weighted by Crippen LogP contribution is 2.19. The number of hydrogen-bond donors (Lipinski definition) is 1. The molecule has 0 unspecified atom stereocenters. The van der Waals surface area contributed by atoms with Crippen LogP contribution in [0.15, 0.2) is 53.0 Å².